The average Bonchev–Trinajstić information content (AvgIpc) is 3.49. The number of thiophene rings is 1. The number of para-hydroxylation sites is 1. The molecule has 0 aliphatic heterocycles. The highest BCUT2D eigenvalue weighted by Crippen LogP contribution is 2.34. The van der Waals surface area contributed by atoms with Crippen LogP contribution >= 0.6 is 11.3 Å². The van der Waals surface area contributed by atoms with Crippen LogP contribution in [0.2, 0.25) is 0 Å². The molecule has 1 aliphatic rings. The van der Waals surface area contributed by atoms with Gasteiger partial charge in [-0.3, -0.25) is 14.5 Å². The molecule has 5 nitrogen and oxygen atoms in total. The number of hydrogen-bond donors (Lipinski definition) is 1. The second kappa shape index (κ2) is 8.61. The summed E-state index contributed by atoms with van der Waals surface area (Å²) < 4.78 is 20.0. The van der Waals surface area contributed by atoms with E-state index in [1.165, 1.54) is 40.7 Å². The van der Waals surface area contributed by atoms with Crippen molar-refractivity contribution in [2.24, 2.45) is 0 Å². The Morgan fingerprint density at radius 1 is 1.10 bits per heavy atom. The highest BCUT2D eigenvalue weighted by atomic mass is 32.1. The number of nitrogens with zero attached hydrogens (tertiary/aromatic N) is 1. The number of amides is 2. The molecule has 2 heterocycles. The first-order valence-electron chi connectivity index (χ1n) is 9.60. The van der Waals surface area contributed by atoms with Crippen LogP contribution in [0.15, 0.2) is 64.6 Å². The van der Waals surface area contributed by atoms with Gasteiger partial charge in [-0.1, -0.05) is 31.0 Å². The third kappa shape index (κ3) is 4.10. The molecular weight excluding hydrogens is 391 g/mol. The smallest absolute Gasteiger partial charge is 0.295 e. The van der Waals surface area contributed by atoms with Crippen molar-refractivity contribution in [2.45, 2.75) is 37.8 Å². The fourth-order valence-corrected chi connectivity index (χ4v) is 4.52. The Labute approximate surface area is 172 Å². The van der Waals surface area contributed by atoms with Gasteiger partial charge in [-0.2, -0.15) is 0 Å². The lowest BCUT2D eigenvalue weighted by Gasteiger charge is -2.31. The van der Waals surface area contributed by atoms with Gasteiger partial charge in [0.15, 0.2) is 11.8 Å². The fourth-order valence-electron chi connectivity index (χ4n) is 3.70. The van der Waals surface area contributed by atoms with E-state index in [-0.39, 0.29) is 23.4 Å². The molecule has 7 heteroatoms. The van der Waals surface area contributed by atoms with Crippen molar-refractivity contribution in [3.8, 4) is 0 Å². The van der Waals surface area contributed by atoms with Gasteiger partial charge in [0.2, 0.25) is 5.91 Å². The molecule has 29 heavy (non-hydrogen) atoms. The first kappa shape index (κ1) is 19.4. The third-order valence-corrected chi connectivity index (χ3v) is 6.01. The minimum atomic E-state index is -0.995. The maximum Gasteiger partial charge on any atom is 0.295 e. The SMILES string of the molecule is O=C(NC1CCCC1)[C@@H](c1cccs1)N(C(=O)c1ccco1)c1ccccc1F. The van der Waals surface area contributed by atoms with E-state index in [1.54, 1.807) is 24.3 Å². The maximum absolute atomic E-state index is 14.8. The van der Waals surface area contributed by atoms with Gasteiger partial charge in [0.25, 0.3) is 5.91 Å². The Hall–Kier alpha value is -2.93. The molecule has 1 saturated carbocycles. The summed E-state index contributed by atoms with van der Waals surface area (Å²) in [6, 6.07) is 11.7. The largest absolute Gasteiger partial charge is 0.459 e. The Bertz CT molecular complexity index is 966. The summed E-state index contributed by atoms with van der Waals surface area (Å²) in [5, 5.41) is 4.89. The van der Waals surface area contributed by atoms with Crippen LogP contribution in [-0.2, 0) is 4.79 Å². The lowest BCUT2D eigenvalue weighted by Crippen LogP contribution is -2.46. The number of furan rings is 1. The lowest BCUT2D eigenvalue weighted by atomic mass is 10.1. The van der Waals surface area contributed by atoms with Gasteiger partial charge >= 0.3 is 0 Å². The number of carbonyl (C=O) groups is 2. The highest BCUT2D eigenvalue weighted by Gasteiger charge is 2.37. The topological polar surface area (TPSA) is 62.6 Å². The van der Waals surface area contributed by atoms with E-state index in [9.17, 15) is 14.0 Å². The summed E-state index contributed by atoms with van der Waals surface area (Å²) in [5.41, 5.74) is 0.0360. The minimum absolute atomic E-state index is 0.0360. The second-order valence-electron chi connectivity index (χ2n) is 7.01. The van der Waals surface area contributed by atoms with Gasteiger partial charge in [-0.05, 0) is 48.6 Å². The van der Waals surface area contributed by atoms with E-state index in [0.29, 0.717) is 4.88 Å². The van der Waals surface area contributed by atoms with E-state index in [2.05, 4.69) is 5.32 Å². The number of anilines is 1. The summed E-state index contributed by atoms with van der Waals surface area (Å²) in [5.74, 6) is -1.42. The number of carbonyl (C=O) groups excluding carboxylic acids is 2. The molecule has 0 radical (unpaired) electrons. The van der Waals surface area contributed by atoms with Gasteiger partial charge in [0.1, 0.15) is 5.82 Å². The summed E-state index contributed by atoms with van der Waals surface area (Å²) in [6.45, 7) is 0. The fraction of sp³-hybridized carbons (Fsp3) is 0.273. The molecule has 1 aliphatic carbocycles. The summed E-state index contributed by atoms with van der Waals surface area (Å²) in [6.07, 6.45) is 5.34. The second-order valence-corrected chi connectivity index (χ2v) is 7.99. The van der Waals surface area contributed by atoms with Crippen molar-refractivity contribution >= 4 is 28.8 Å². The lowest BCUT2D eigenvalue weighted by molar-refractivity contribution is -0.123. The predicted molar refractivity (Wildman–Crippen MR) is 109 cm³/mol. The first-order chi connectivity index (χ1) is 14.1. The van der Waals surface area contributed by atoms with Crippen LogP contribution in [0.4, 0.5) is 10.1 Å². The van der Waals surface area contributed by atoms with Crippen molar-refractivity contribution in [3.05, 3.63) is 76.6 Å². The number of benzene rings is 1. The maximum atomic E-state index is 14.8. The number of halogens is 1. The number of nitrogens with one attached hydrogen (secondary N) is 1. The van der Waals surface area contributed by atoms with Crippen LogP contribution in [0, 0.1) is 5.82 Å². The van der Waals surface area contributed by atoms with Crippen LogP contribution in [-0.4, -0.2) is 17.9 Å². The summed E-state index contributed by atoms with van der Waals surface area (Å²) >= 11 is 1.35. The van der Waals surface area contributed by atoms with Crippen LogP contribution in [0.3, 0.4) is 0 Å². The van der Waals surface area contributed by atoms with Gasteiger partial charge in [0.05, 0.1) is 12.0 Å². The molecule has 4 rings (SSSR count). The van der Waals surface area contributed by atoms with Crippen LogP contribution in [0.5, 0.6) is 0 Å². The Balaban J connectivity index is 1.78. The Kier molecular flexibility index (Phi) is 5.76. The van der Waals surface area contributed by atoms with Crippen LogP contribution in [0.1, 0.15) is 47.2 Å². The highest BCUT2D eigenvalue weighted by molar-refractivity contribution is 7.10. The standard InChI is InChI=1S/C22H21FN2O3S/c23-16-9-3-4-10-17(16)25(22(27)18-11-5-13-28-18)20(19-12-6-14-29-19)21(26)24-15-7-1-2-8-15/h3-6,9-15,20H,1-2,7-8H2,(H,24,26)/t20-/m1/s1. The molecular formula is C22H21FN2O3S. The van der Waals surface area contributed by atoms with Crippen molar-refractivity contribution in [2.75, 3.05) is 4.90 Å². The zero-order valence-electron chi connectivity index (χ0n) is 15.7. The normalized spacial score (nSPS) is 15.2. The van der Waals surface area contributed by atoms with E-state index < -0.39 is 17.8 Å². The Morgan fingerprint density at radius 2 is 1.90 bits per heavy atom. The van der Waals surface area contributed by atoms with Crippen LogP contribution < -0.4 is 10.2 Å². The molecule has 150 valence electrons. The van der Waals surface area contributed by atoms with E-state index in [1.807, 2.05) is 11.4 Å². The number of hydrogen-bond acceptors (Lipinski definition) is 4. The zero-order chi connectivity index (χ0) is 20.2. The average molecular weight is 412 g/mol. The van der Waals surface area contributed by atoms with Gasteiger partial charge in [-0.15, -0.1) is 11.3 Å². The zero-order valence-corrected chi connectivity index (χ0v) is 16.5. The van der Waals surface area contributed by atoms with Gasteiger partial charge < -0.3 is 9.73 Å². The molecule has 3 aromatic rings. The summed E-state index contributed by atoms with van der Waals surface area (Å²) in [4.78, 5) is 28.5. The quantitative estimate of drug-likeness (QED) is 0.625. The molecule has 2 amide bonds. The van der Waals surface area contributed by atoms with Crippen molar-refractivity contribution in [1.29, 1.82) is 0 Å². The van der Waals surface area contributed by atoms with E-state index in [4.69, 9.17) is 4.42 Å². The van der Waals surface area contributed by atoms with Crippen molar-refractivity contribution in [1.82, 2.24) is 5.32 Å². The van der Waals surface area contributed by atoms with Gasteiger partial charge in [0, 0.05) is 10.9 Å². The molecule has 0 bridgehead atoms. The van der Waals surface area contributed by atoms with Crippen LogP contribution in [0.25, 0.3) is 0 Å². The molecule has 1 fully saturated rings. The van der Waals surface area contributed by atoms with Crippen molar-refractivity contribution in [3.63, 3.8) is 0 Å². The number of rotatable bonds is 6. The molecule has 0 spiro atoms. The molecule has 1 atom stereocenters. The molecule has 0 unspecified atom stereocenters. The summed E-state index contributed by atoms with van der Waals surface area (Å²) in [7, 11) is 0. The van der Waals surface area contributed by atoms with Gasteiger partial charge in [-0.25, -0.2) is 4.39 Å². The van der Waals surface area contributed by atoms with E-state index >= 15 is 0 Å². The molecule has 1 aromatic carbocycles. The molecule has 0 saturated heterocycles. The first-order valence-corrected chi connectivity index (χ1v) is 10.5. The van der Waals surface area contributed by atoms with Crippen molar-refractivity contribution < 1.29 is 18.4 Å². The third-order valence-electron chi connectivity index (χ3n) is 5.08. The molecule has 2 aromatic heterocycles. The van der Waals surface area contributed by atoms with E-state index in [0.717, 1.165) is 25.7 Å². The monoisotopic (exact) mass is 412 g/mol. The molecule has 1 N–H and O–H groups in total. The predicted octanol–water partition coefficient (Wildman–Crippen LogP) is 4.93. The minimum Gasteiger partial charge on any atom is -0.459 e. The Morgan fingerprint density at radius 3 is 2.55 bits per heavy atom.